The first-order valence-corrected chi connectivity index (χ1v) is 24.7. The molecule has 3 atom stereocenters. The topological polar surface area (TPSA) is 378 Å². The molecule has 0 bridgehead atoms. The van der Waals surface area contributed by atoms with Crippen molar-refractivity contribution in [2.24, 2.45) is 11.8 Å². The van der Waals surface area contributed by atoms with Crippen LogP contribution in [0, 0.1) is 11.8 Å². The SMILES string of the molecule is O=C(O)CC[C@H](NC(=O)N[C@@H](CCCCNC(=O)[C@@H](Cc1ccc2ccncc2c1)NC(=O)C1CCC(CNC(=O)CN2CCN(CC(=O)O)CCN(CC(=O)O)CCN(CC(=O)O)CC2)CC1)C(=O)O)C(=O)O. The van der Waals surface area contributed by atoms with Crippen molar-refractivity contribution in [3.63, 3.8) is 0 Å². The van der Waals surface area contributed by atoms with Gasteiger partial charge in [-0.1, -0.05) is 12.1 Å². The Hall–Kier alpha value is -7.03. The van der Waals surface area contributed by atoms with Crippen LogP contribution in [0.5, 0.6) is 0 Å². The molecule has 408 valence electrons. The number of aromatic nitrogens is 1. The second kappa shape index (κ2) is 30.9. The molecule has 4 rings (SSSR count). The molecule has 1 aromatic carbocycles. The number of aliphatic carboxylic acids is 6. The van der Waals surface area contributed by atoms with Crippen molar-refractivity contribution in [1.29, 1.82) is 0 Å². The van der Waals surface area contributed by atoms with E-state index < -0.39 is 84.6 Å². The molecule has 1 saturated heterocycles. The van der Waals surface area contributed by atoms with E-state index in [1.165, 1.54) is 0 Å². The van der Waals surface area contributed by atoms with Gasteiger partial charge < -0.3 is 57.2 Å². The number of carbonyl (C=O) groups is 10. The lowest BCUT2D eigenvalue weighted by Crippen LogP contribution is -2.51. The number of carboxylic acids is 6. The highest BCUT2D eigenvalue weighted by atomic mass is 16.4. The number of hydrogen-bond acceptors (Lipinski definition) is 15. The molecule has 0 radical (unpaired) electrons. The van der Waals surface area contributed by atoms with Crippen LogP contribution in [-0.2, 0) is 49.6 Å². The number of unbranched alkanes of at least 4 members (excludes halogenated alkanes) is 1. The standard InChI is InChI=1S/C48H70N10O16/c59-39(27-55-15-17-56(28-41(62)63)19-21-58(30-43(66)67)22-20-57(18-16-55)29-42(64)65)51-25-31-4-8-34(9-5-31)44(68)52-38(24-32-6-7-33-12-14-49-26-35(33)23-32)45(69)50-13-2-1-3-36(46(70)71)53-48(74)54-37(47(72)73)10-11-40(60)61/h6-7,12,14,23,26,31,34,36-38H,1-5,8-11,13,15-22,24-25,27-30H2,(H,50,69)(H,51,59)(H,52,68)(H,60,61)(H,62,63)(H,64,65)(H,66,67)(H,70,71)(H,72,73)(H2,53,54,74)/t31?,34?,36-,37-,38+/m0/s1. The Morgan fingerprint density at radius 3 is 1.61 bits per heavy atom. The van der Waals surface area contributed by atoms with Crippen molar-refractivity contribution < 1.29 is 78.6 Å². The van der Waals surface area contributed by atoms with Gasteiger partial charge in [-0.3, -0.25) is 58.1 Å². The third kappa shape index (κ3) is 22.4. The van der Waals surface area contributed by atoms with E-state index >= 15 is 0 Å². The summed E-state index contributed by atoms with van der Waals surface area (Å²) in [6.07, 6.45) is 5.18. The normalized spacial score (nSPS) is 18.8. The molecule has 2 heterocycles. The summed E-state index contributed by atoms with van der Waals surface area (Å²) in [6, 6.07) is 2.42. The van der Waals surface area contributed by atoms with Crippen LogP contribution in [-0.4, -0.2) is 225 Å². The number of hydrogen-bond donors (Lipinski definition) is 11. The molecule has 1 aromatic heterocycles. The average molecular weight is 1040 g/mol. The first-order chi connectivity index (χ1) is 35.2. The summed E-state index contributed by atoms with van der Waals surface area (Å²) in [6.45, 7) is 1.69. The monoisotopic (exact) mass is 1040 g/mol. The molecule has 1 aliphatic carbocycles. The molecule has 74 heavy (non-hydrogen) atoms. The quantitative estimate of drug-likeness (QED) is 0.0479. The van der Waals surface area contributed by atoms with Crippen LogP contribution < -0.4 is 26.6 Å². The number of nitrogens with zero attached hydrogens (tertiary/aromatic N) is 5. The maximum Gasteiger partial charge on any atom is 0.326 e. The molecule has 2 fully saturated rings. The molecule has 26 heteroatoms. The number of nitrogens with one attached hydrogen (secondary N) is 5. The highest BCUT2D eigenvalue weighted by molar-refractivity contribution is 5.89. The predicted octanol–water partition coefficient (Wildman–Crippen LogP) is -0.983. The smallest absolute Gasteiger partial charge is 0.326 e. The fourth-order valence-electron chi connectivity index (χ4n) is 8.88. The summed E-state index contributed by atoms with van der Waals surface area (Å²) in [7, 11) is 0. The highest BCUT2D eigenvalue weighted by Crippen LogP contribution is 2.29. The van der Waals surface area contributed by atoms with Crippen LogP contribution in [0.1, 0.15) is 63.4 Å². The Morgan fingerprint density at radius 1 is 0.568 bits per heavy atom. The van der Waals surface area contributed by atoms with E-state index in [4.69, 9.17) is 5.11 Å². The zero-order valence-electron chi connectivity index (χ0n) is 41.3. The minimum absolute atomic E-state index is 0.0317. The van der Waals surface area contributed by atoms with Crippen LogP contribution in [0.4, 0.5) is 4.79 Å². The lowest BCUT2D eigenvalue weighted by Gasteiger charge is -2.33. The second-order valence-electron chi connectivity index (χ2n) is 18.7. The summed E-state index contributed by atoms with van der Waals surface area (Å²) in [5.74, 6) is -8.72. The Bertz CT molecular complexity index is 2230. The molecule has 1 aliphatic heterocycles. The lowest BCUT2D eigenvalue weighted by atomic mass is 9.81. The molecule has 5 amide bonds. The minimum atomic E-state index is -1.55. The van der Waals surface area contributed by atoms with E-state index in [1.54, 1.807) is 27.1 Å². The number of carbonyl (C=O) groups excluding carboxylic acids is 4. The van der Waals surface area contributed by atoms with Crippen molar-refractivity contribution in [3.8, 4) is 0 Å². The predicted molar refractivity (Wildman–Crippen MR) is 263 cm³/mol. The second-order valence-corrected chi connectivity index (χ2v) is 18.7. The van der Waals surface area contributed by atoms with Gasteiger partial charge in [-0.2, -0.15) is 0 Å². The zero-order chi connectivity index (χ0) is 54.2. The molecule has 0 spiro atoms. The largest absolute Gasteiger partial charge is 0.481 e. The number of fused-ring (bicyclic) bond motifs is 1. The Morgan fingerprint density at radius 2 is 1.09 bits per heavy atom. The number of amides is 5. The maximum absolute atomic E-state index is 13.8. The van der Waals surface area contributed by atoms with E-state index in [1.807, 2.05) is 29.2 Å². The summed E-state index contributed by atoms with van der Waals surface area (Å²) < 4.78 is 0. The maximum atomic E-state index is 13.8. The number of rotatable bonds is 27. The van der Waals surface area contributed by atoms with Gasteiger partial charge in [0.1, 0.15) is 18.1 Å². The number of benzene rings is 1. The van der Waals surface area contributed by atoms with Crippen LogP contribution >= 0.6 is 0 Å². The summed E-state index contributed by atoms with van der Waals surface area (Å²) >= 11 is 0. The van der Waals surface area contributed by atoms with Gasteiger partial charge in [-0.15, -0.1) is 0 Å². The molecule has 11 N–H and O–H groups in total. The Kier molecular flexibility index (Phi) is 24.8. The van der Waals surface area contributed by atoms with Crippen molar-refractivity contribution in [1.82, 2.24) is 51.2 Å². The first kappa shape index (κ1) is 59.5. The van der Waals surface area contributed by atoms with E-state index in [0.29, 0.717) is 45.3 Å². The van der Waals surface area contributed by atoms with Gasteiger partial charge in [0.15, 0.2) is 0 Å². The van der Waals surface area contributed by atoms with Gasteiger partial charge in [-0.05, 0) is 80.4 Å². The lowest BCUT2D eigenvalue weighted by molar-refractivity contribution is -0.141. The third-order valence-electron chi connectivity index (χ3n) is 13.0. The summed E-state index contributed by atoms with van der Waals surface area (Å²) in [5.41, 5.74) is 0.763. The fourth-order valence-corrected chi connectivity index (χ4v) is 8.88. The first-order valence-electron chi connectivity index (χ1n) is 24.7. The molecule has 26 nitrogen and oxygen atoms in total. The van der Waals surface area contributed by atoms with Gasteiger partial charge >= 0.3 is 41.8 Å². The number of urea groups is 1. The van der Waals surface area contributed by atoms with Crippen LogP contribution in [0.2, 0.25) is 0 Å². The molecule has 2 aliphatic rings. The van der Waals surface area contributed by atoms with E-state index in [-0.39, 0.29) is 115 Å². The van der Waals surface area contributed by atoms with Crippen molar-refractivity contribution >= 4 is 70.3 Å². The molecule has 2 aromatic rings. The highest BCUT2D eigenvalue weighted by Gasteiger charge is 2.31. The fraction of sp³-hybridized carbons (Fsp3) is 0.604. The number of carboxylic acid groups (broad SMARTS) is 6. The van der Waals surface area contributed by atoms with Gasteiger partial charge in [0.2, 0.25) is 17.7 Å². The summed E-state index contributed by atoms with van der Waals surface area (Å²) in [4.78, 5) is 133. The molecule has 1 saturated carbocycles. The Labute approximate surface area is 427 Å². The molecular weight excluding hydrogens is 973 g/mol. The van der Waals surface area contributed by atoms with Crippen LogP contribution in [0.3, 0.4) is 0 Å². The van der Waals surface area contributed by atoms with Crippen molar-refractivity contribution in [2.75, 3.05) is 91.6 Å². The van der Waals surface area contributed by atoms with Crippen LogP contribution in [0.25, 0.3) is 10.8 Å². The molecular formula is C48H70N10O16. The molecule has 0 unspecified atom stereocenters. The van der Waals surface area contributed by atoms with E-state index in [0.717, 1.165) is 16.3 Å². The summed E-state index contributed by atoms with van der Waals surface area (Å²) in [5, 5.41) is 71.1. The van der Waals surface area contributed by atoms with E-state index in [2.05, 4.69) is 31.6 Å². The van der Waals surface area contributed by atoms with Gasteiger partial charge in [0.05, 0.1) is 26.2 Å². The zero-order valence-corrected chi connectivity index (χ0v) is 41.3. The van der Waals surface area contributed by atoms with Gasteiger partial charge in [-0.25, -0.2) is 14.4 Å². The van der Waals surface area contributed by atoms with Gasteiger partial charge in [0.25, 0.3) is 0 Å². The van der Waals surface area contributed by atoms with E-state index in [9.17, 15) is 73.5 Å². The van der Waals surface area contributed by atoms with Gasteiger partial charge in [0, 0.05) is 102 Å². The number of pyridine rings is 1. The van der Waals surface area contributed by atoms with Crippen molar-refractivity contribution in [3.05, 3.63) is 42.2 Å². The van der Waals surface area contributed by atoms with Crippen molar-refractivity contribution in [2.45, 2.75) is 82.3 Å². The average Bonchev–Trinajstić information content (AvgIpc) is 3.34. The third-order valence-corrected chi connectivity index (χ3v) is 13.0. The minimum Gasteiger partial charge on any atom is -0.481 e. The van der Waals surface area contributed by atoms with Crippen LogP contribution in [0.15, 0.2) is 36.7 Å². The Balaban J connectivity index is 1.30.